The van der Waals surface area contributed by atoms with Gasteiger partial charge in [0.15, 0.2) is 6.10 Å². The molecule has 2 aromatic rings. The topological polar surface area (TPSA) is 63.7 Å². The van der Waals surface area contributed by atoms with Crippen molar-refractivity contribution >= 4 is 17.4 Å². The van der Waals surface area contributed by atoms with Crippen LogP contribution in [-0.4, -0.2) is 43.3 Å². The quantitative estimate of drug-likeness (QED) is 0.902. The van der Waals surface area contributed by atoms with Gasteiger partial charge in [0, 0.05) is 13.1 Å². The average molecular weight is 345 g/mol. The van der Waals surface area contributed by atoms with Crippen molar-refractivity contribution in [3.63, 3.8) is 0 Å². The Bertz CT molecular complexity index is 701. The van der Waals surface area contributed by atoms with Gasteiger partial charge in [-0.15, -0.1) is 0 Å². The molecule has 2 heterocycles. The van der Waals surface area contributed by atoms with Crippen molar-refractivity contribution in [2.45, 2.75) is 13.0 Å². The van der Waals surface area contributed by atoms with Crippen LogP contribution in [0.25, 0.3) is 0 Å². The molecular formula is C18H20FN3O3. The van der Waals surface area contributed by atoms with Gasteiger partial charge in [0.05, 0.1) is 25.1 Å². The number of carbonyl (C=O) groups is 1. The van der Waals surface area contributed by atoms with Gasteiger partial charge >= 0.3 is 0 Å². The Morgan fingerprint density at radius 3 is 2.60 bits per heavy atom. The van der Waals surface area contributed by atoms with E-state index in [1.54, 1.807) is 19.2 Å². The number of benzene rings is 1. The molecular weight excluding hydrogens is 325 g/mol. The van der Waals surface area contributed by atoms with Crippen LogP contribution >= 0.6 is 0 Å². The molecule has 1 aliphatic rings. The fourth-order valence-corrected chi connectivity index (χ4v) is 2.45. The molecule has 1 fully saturated rings. The maximum absolute atomic E-state index is 12.9. The highest BCUT2D eigenvalue weighted by Crippen LogP contribution is 2.17. The Hall–Kier alpha value is -2.67. The fourth-order valence-electron chi connectivity index (χ4n) is 2.45. The summed E-state index contributed by atoms with van der Waals surface area (Å²) in [5, 5.41) is 2.76. The van der Waals surface area contributed by atoms with Crippen molar-refractivity contribution in [1.29, 1.82) is 0 Å². The first-order chi connectivity index (χ1) is 12.1. The van der Waals surface area contributed by atoms with Crippen LogP contribution in [0.2, 0.25) is 0 Å². The lowest BCUT2D eigenvalue weighted by Crippen LogP contribution is -2.36. The van der Waals surface area contributed by atoms with E-state index in [2.05, 4.69) is 15.2 Å². The van der Waals surface area contributed by atoms with Crippen LogP contribution in [0.3, 0.4) is 0 Å². The van der Waals surface area contributed by atoms with Gasteiger partial charge < -0.3 is 19.7 Å². The summed E-state index contributed by atoms with van der Waals surface area (Å²) >= 11 is 0. The fraction of sp³-hybridized carbons (Fsp3) is 0.333. The molecule has 1 aromatic carbocycles. The summed E-state index contributed by atoms with van der Waals surface area (Å²) in [6.07, 6.45) is 0.900. The largest absolute Gasteiger partial charge is 0.481 e. The second-order valence-electron chi connectivity index (χ2n) is 5.71. The van der Waals surface area contributed by atoms with Crippen LogP contribution in [0, 0.1) is 5.82 Å². The van der Waals surface area contributed by atoms with Crippen molar-refractivity contribution in [2.75, 3.05) is 36.5 Å². The molecule has 0 unspecified atom stereocenters. The molecule has 0 aliphatic carbocycles. The van der Waals surface area contributed by atoms with Crippen LogP contribution < -0.4 is 15.0 Å². The predicted octanol–water partition coefficient (Wildman–Crippen LogP) is 2.46. The lowest BCUT2D eigenvalue weighted by molar-refractivity contribution is -0.122. The molecule has 1 N–H and O–H groups in total. The summed E-state index contributed by atoms with van der Waals surface area (Å²) in [5.41, 5.74) is 0.594. The Balaban J connectivity index is 1.55. The summed E-state index contributed by atoms with van der Waals surface area (Å²) in [6, 6.07) is 9.21. The van der Waals surface area contributed by atoms with Crippen LogP contribution in [0.4, 0.5) is 15.9 Å². The first kappa shape index (κ1) is 17.2. The number of halogens is 1. The Morgan fingerprint density at radius 1 is 1.24 bits per heavy atom. The second-order valence-corrected chi connectivity index (χ2v) is 5.71. The average Bonchev–Trinajstić information content (AvgIpc) is 2.65. The smallest absolute Gasteiger partial charge is 0.265 e. The minimum Gasteiger partial charge on any atom is -0.481 e. The zero-order valence-corrected chi connectivity index (χ0v) is 13.9. The maximum atomic E-state index is 12.9. The molecule has 132 valence electrons. The summed E-state index contributed by atoms with van der Waals surface area (Å²) < 4.78 is 23.7. The minimum absolute atomic E-state index is 0.301. The molecule has 3 rings (SSSR count). The number of ether oxygens (including phenoxy) is 2. The lowest BCUT2D eigenvalue weighted by Gasteiger charge is -2.27. The molecule has 1 amide bonds. The van der Waals surface area contributed by atoms with Gasteiger partial charge in [0.1, 0.15) is 17.4 Å². The van der Waals surface area contributed by atoms with Crippen LogP contribution in [-0.2, 0) is 9.53 Å². The summed E-state index contributed by atoms with van der Waals surface area (Å²) in [7, 11) is 0. The Labute approximate surface area is 145 Å². The number of hydrogen-bond acceptors (Lipinski definition) is 5. The summed E-state index contributed by atoms with van der Waals surface area (Å²) in [4.78, 5) is 18.7. The number of pyridine rings is 1. The molecule has 1 aliphatic heterocycles. The minimum atomic E-state index is -0.718. The predicted molar refractivity (Wildman–Crippen MR) is 92.4 cm³/mol. The number of aromatic nitrogens is 1. The zero-order valence-electron chi connectivity index (χ0n) is 13.9. The van der Waals surface area contributed by atoms with Crippen LogP contribution in [0.15, 0.2) is 42.6 Å². The molecule has 0 bridgehead atoms. The number of nitrogens with one attached hydrogen (secondary N) is 1. The van der Waals surface area contributed by atoms with E-state index >= 15 is 0 Å². The molecule has 0 saturated carbocycles. The van der Waals surface area contributed by atoms with Gasteiger partial charge in [-0.1, -0.05) is 0 Å². The van der Waals surface area contributed by atoms with E-state index in [1.807, 2.05) is 6.07 Å². The third kappa shape index (κ3) is 4.67. The van der Waals surface area contributed by atoms with E-state index in [4.69, 9.17) is 9.47 Å². The molecule has 1 aromatic heterocycles. The third-order valence-electron chi connectivity index (χ3n) is 3.85. The molecule has 7 heteroatoms. The number of anilines is 2. The molecule has 0 spiro atoms. The number of hydrogen-bond donors (Lipinski definition) is 1. The first-order valence-corrected chi connectivity index (χ1v) is 8.13. The van der Waals surface area contributed by atoms with E-state index in [9.17, 15) is 9.18 Å². The normalized spacial score (nSPS) is 15.5. The number of amides is 1. The number of morpholine rings is 1. The van der Waals surface area contributed by atoms with Gasteiger partial charge in [-0.25, -0.2) is 9.37 Å². The van der Waals surface area contributed by atoms with Crippen molar-refractivity contribution in [1.82, 2.24) is 4.98 Å². The van der Waals surface area contributed by atoms with E-state index in [0.29, 0.717) is 24.7 Å². The Kier molecular flexibility index (Phi) is 5.45. The SMILES string of the molecule is C[C@H](Oc1ccc(F)cc1)C(=O)Nc1ccc(N2CCOCC2)nc1. The van der Waals surface area contributed by atoms with E-state index in [1.165, 1.54) is 24.3 Å². The highest BCUT2D eigenvalue weighted by molar-refractivity contribution is 5.94. The highest BCUT2D eigenvalue weighted by Gasteiger charge is 2.16. The van der Waals surface area contributed by atoms with Gasteiger partial charge in [-0.2, -0.15) is 0 Å². The van der Waals surface area contributed by atoms with Gasteiger partial charge in [0.2, 0.25) is 0 Å². The molecule has 1 saturated heterocycles. The van der Waals surface area contributed by atoms with Gasteiger partial charge in [-0.05, 0) is 43.3 Å². The van der Waals surface area contributed by atoms with Crippen LogP contribution in [0.1, 0.15) is 6.92 Å². The van der Waals surface area contributed by atoms with Gasteiger partial charge in [0.25, 0.3) is 5.91 Å². The molecule has 0 radical (unpaired) electrons. The van der Waals surface area contributed by atoms with E-state index in [-0.39, 0.29) is 11.7 Å². The van der Waals surface area contributed by atoms with Gasteiger partial charge in [-0.3, -0.25) is 4.79 Å². The lowest BCUT2D eigenvalue weighted by atomic mass is 10.3. The standard InChI is InChI=1S/C18H20FN3O3/c1-13(25-16-5-2-14(19)3-6-16)18(23)21-15-4-7-17(20-12-15)22-8-10-24-11-9-22/h2-7,12-13H,8-11H2,1H3,(H,21,23)/t13-/m0/s1. The molecule has 1 atom stereocenters. The van der Waals surface area contributed by atoms with Crippen LogP contribution in [0.5, 0.6) is 5.75 Å². The van der Waals surface area contributed by atoms with Crippen molar-refractivity contribution in [2.24, 2.45) is 0 Å². The van der Waals surface area contributed by atoms with Crippen molar-refractivity contribution in [3.8, 4) is 5.75 Å². The Morgan fingerprint density at radius 2 is 1.96 bits per heavy atom. The molecule has 25 heavy (non-hydrogen) atoms. The number of nitrogens with zero attached hydrogens (tertiary/aromatic N) is 2. The monoisotopic (exact) mass is 345 g/mol. The third-order valence-corrected chi connectivity index (χ3v) is 3.85. The van der Waals surface area contributed by atoms with E-state index < -0.39 is 6.10 Å². The summed E-state index contributed by atoms with van der Waals surface area (Å²) in [6.45, 7) is 4.63. The maximum Gasteiger partial charge on any atom is 0.265 e. The highest BCUT2D eigenvalue weighted by atomic mass is 19.1. The summed E-state index contributed by atoms with van der Waals surface area (Å²) in [5.74, 6) is 0.642. The second kappa shape index (κ2) is 7.94. The van der Waals surface area contributed by atoms with Crippen molar-refractivity contribution < 1.29 is 18.7 Å². The van der Waals surface area contributed by atoms with E-state index in [0.717, 1.165) is 18.9 Å². The first-order valence-electron chi connectivity index (χ1n) is 8.13. The number of rotatable bonds is 5. The zero-order chi connectivity index (χ0) is 17.6. The number of carbonyl (C=O) groups excluding carboxylic acids is 1. The van der Waals surface area contributed by atoms with Crippen molar-refractivity contribution in [3.05, 3.63) is 48.4 Å². The molecule has 6 nitrogen and oxygen atoms in total.